The van der Waals surface area contributed by atoms with Gasteiger partial charge in [0, 0.05) is 5.69 Å². The Morgan fingerprint density at radius 2 is 2.08 bits per heavy atom. The van der Waals surface area contributed by atoms with Crippen LogP contribution in [0.5, 0.6) is 5.75 Å². The first-order valence-corrected chi connectivity index (χ1v) is 8.54. The lowest BCUT2D eigenvalue weighted by atomic mass is 9.95. The molecule has 128 valence electrons. The number of carbonyl (C=O) groups is 2. The lowest BCUT2D eigenvalue weighted by Gasteiger charge is -2.26. The third-order valence-electron chi connectivity index (χ3n) is 4.86. The van der Waals surface area contributed by atoms with Crippen molar-refractivity contribution in [2.45, 2.75) is 25.8 Å². The first-order chi connectivity index (χ1) is 12.1. The molecule has 2 atom stereocenters. The molecule has 2 heterocycles. The Hall–Kier alpha value is -2.82. The predicted octanol–water partition coefficient (Wildman–Crippen LogP) is 2.61. The Labute approximate surface area is 146 Å². The van der Waals surface area contributed by atoms with E-state index >= 15 is 0 Å². The van der Waals surface area contributed by atoms with Crippen LogP contribution in [0, 0.1) is 5.92 Å². The summed E-state index contributed by atoms with van der Waals surface area (Å²) in [6.45, 7) is 2.36. The number of fused-ring (bicyclic) bond motifs is 2. The van der Waals surface area contributed by atoms with Crippen molar-refractivity contribution in [1.82, 2.24) is 5.32 Å². The van der Waals surface area contributed by atoms with Gasteiger partial charge in [0.05, 0.1) is 18.4 Å². The summed E-state index contributed by atoms with van der Waals surface area (Å²) >= 11 is 0. The van der Waals surface area contributed by atoms with Crippen LogP contribution >= 0.6 is 0 Å². The molecular formula is C20H20N2O3. The highest BCUT2D eigenvalue weighted by Gasteiger charge is 2.27. The van der Waals surface area contributed by atoms with E-state index in [2.05, 4.69) is 10.6 Å². The topological polar surface area (TPSA) is 67.4 Å². The maximum Gasteiger partial charge on any atom is 0.228 e. The molecule has 4 rings (SSSR count). The van der Waals surface area contributed by atoms with Crippen molar-refractivity contribution in [3.05, 3.63) is 59.2 Å². The lowest BCUT2D eigenvalue weighted by Crippen LogP contribution is -2.38. The number of nitrogens with one attached hydrogen (secondary N) is 2. The number of anilines is 1. The van der Waals surface area contributed by atoms with Crippen LogP contribution in [0.3, 0.4) is 0 Å². The SMILES string of the molecule is C[C@H](NC(=O)[C@@H]1COc2ccccc2C1)c1ccc2c(c1)CC(=O)N2. The van der Waals surface area contributed by atoms with Crippen LogP contribution in [0.15, 0.2) is 42.5 Å². The molecule has 0 saturated heterocycles. The Balaban J connectivity index is 1.43. The van der Waals surface area contributed by atoms with Crippen LogP contribution in [0.1, 0.15) is 29.7 Å². The van der Waals surface area contributed by atoms with Crippen LogP contribution in [0.25, 0.3) is 0 Å². The minimum absolute atomic E-state index is 0.00305. The quantitative estimate of drug-likeness (QED) is 0.905. The summed E-state index contributed by atoms with van der Waals surface area (Å²) in [5.41, 5.74) is 3.92. The van der Waals surface area contributed by atoms with Gasteiger partial charge < -0.3 is 15.4 Å². The fourth-order valence-electron chi connectivity index (χ4n) is 3.43. The van der Waals surface area contributed by atoms with Gasteiger partial charge in [-0.1, -0.05) is 30.3 Å². The van der Waals surface area contributed by atoms with Crippen LogP contribution in [0.2, 0.25) is 0 Å². The van der Waals surface area contributed by atoms with E-state index < -0.39 is 0 Å². The van der Waals surface area contributed by atoms with Gasteiger partial charge in [0.15, 0.2) is 0 Å². The molecule has 2 aliphatic heterocycles. The fourth-order valence-corrected chi connectivity index (χ4v) is 3.43. The highest BCUT2D eigenvalue weighted by molar-refractivity contribution is 5.99. The third-order valence-corrected chi connectivity index (χ3v) is 4.86. The summed E-state index contributed by atoms with van der Waals surface area (Å²) in [7, 11) is 0. The summed E-state index contributed by atoms with van der Waals surface area (Å²) < 4.78 is 5.71. The van der Waals surface area contributed by atoms with Gasteiger partial charge in [-0.2, -0.15) is 0 Å². The van der Waals surface area contributed by atoms with E-state index in [1.54, 1.807) is 0 Å². The Bertz CT molecular complexity index is 847. The summed E-state index contributed by atoms with van der Waals surface area (Å²) in [5.74, 6) is 0.698. The summed E-state index contributed by atoms with van der Waals surface area (Å²) in [4.78, 5) is 24.1. The van der Waals surface area contributed by atoms with Crippen molar-refractivity contribution < 1.29 is 14.3 Å². The van der Waals surface area contributed by atoms with E-state index in [1.807, 2.05) is 49.4 Å². The zero-order valence-electron chi connectivity index (χ0n) is 14.0. The molecule has 2 aromatic carbocycles. The molecule has 0 radical (unpaired) electrons. The molecule has 2 N–H and O–H groups in total. The molecule has 5 nitrogen and oxygen atoms in total. The molecule has 0 spiro atoms. The van der Waals surface area contributed by atoms with Gasteiger partial charge in [0.2, 0.25) is 11.8 Å². The van der Waals surface area contributed by atoms with Gasteiger partial charge >= 0.3 is 0 Å². The second-order valence-electron chi connectivity index (χ2n) is 6.69. The molecule has 0 fully saturated rings. The second-order valence-corrected chi connectivity index (χ2v) is 6.69. The Kier molecular flexibility index (Phi) is 3.92. The number of rotatable bonds is 3. The number of hydrogen-bond acceptors (Lipinski definition) is 3. The summed E-state index contributed by atoms with van der Waals surface area (Å²) in [6, 6.07) is 13.6. The molecule has 5 heteroatoms. The standard InChI is InChI=1S/C20H20N2O3/c1-12(13-6-7-17-15(8-13)10-19(23)22-17)21-20(24)16-9-14-4-2-3-5-18(14)25-11-16/h2-8,12,16H,9-11H2,1H3,(H,21,24)(H,22,23)/t12-,16-/m0/s1. The van der Waals surface area contributed by atoms with Crippen LogP contribution < -0.4 is 15.4 Å². The first kappa shape index (κ1) is 15.7. The molecular weight excluding hydrogens is 316 g/mol. The van der Waals surface area contributed by atoms with Crippen molar-refractivity contribution in [1.29, 1.82) is 0 Å². The van der Waals surface area contributed by atoms with E-state index in [9.17, 15) is 9.59 Å². The van der Waals surface area contributed by atoms with Crippen molar-refractivity contribution in [2.75, 3.05) is 11.9 Å². The monoisotopic (exact) mass is 336 g/mol. The first-order valence-electron chi connectivity index (χ1n) is 8.54. The molecule has 2 aromatic rings. The van der Waals surface area contributed by atoms with Crippen LogP contribution in [-0.4, -0.2) is 18.4 Å². The van der Waals surface area contributed by atoms with Gasteiger partial charge in [-0.05, 0) is 42.2 Å². The molecule has 0 saturated carbocycles. The smallest absolute Gasteiger partial charge is 0.228 e. The summed E-state index contributed by atoms with van der Waals surface area (Å²) in [5, 5.41) is 5.90. The van der Waals surface area contributed by atoms with Crippen LogP contribution in [-0.2, 0) is 22.4 Å². The van der Waals surface area contributed by atoms with E-state index in [0.717, 1.165) is 28.1 Å². The number of ether oxygens (including phenoxy) is 1. The highest BCUT2D eigenvalue weighted by atomic mass is 16.5. The average Bonchev–Trinajstić information content (AvgIpc) is 3.00. The fraction of sp³-hybridized carbons (Fsp3) is 0.300. The molecule has 2 aliphatic rings. The number of para-hydroxylation sites is 1. The maximum atomic E-state index is 12.6. The van der Waals surface area contributed by atoms with Crippen molar-refractivity contribution in [2.24, 2.45) is 5.92 Å². The molecule has 0 aromatic heterocycles. The molecule has 25 heavy (non-hydrogen) atoms. The molecule has 0 aliphatic carbocycles. The van der Waals surface area contributed by atoms with E-state index in [1.165, 1.54) is 0 Å². The number of carbonyl (C=O) groups excluding carboxylic acids is 2. The van der Waals surface area contributed by atoms with Crippen molar-refractivity contribution in [3.63, 3.8) is 0 Å². The van der Waals surface area contributed by atoms with E-state index in [0.29, 0.717) is 19.4 Å². The van der Waals surface area contributed by atoms with Gasteiger partial charge in [0.25, 0.3) is 0 Å². The lowest BCUT2D eigenvalue weighted by molar-refractivity contribution is -0.127. The minimum atomic E-state index is -0.185. The largest absolute Gasteiger partial charge is 0.492 e. The van der Waals surface area contributed by atoms with Gasteiger partial charge in [-0.15, -0.1) is 0 Å². The van der Waals surface area contributed by atoms with Gasteiger partial charge in [-0.25, -0.2) is 0 Å². The number of amides is 2. The zero-order chi connectivity index (χ0) is 17.4. The van der Waals surface area contributed by atoms with Gasteiger partial charge in [0.1, 0.15) is 12.4 Å². The number of benzene rings is 2. The third kappa shape index (κ3) is 3.09. The average molecular weight is 336 g/mol. The zero-order valence-corrected chi connectivity index (χ0v) is 14.0. The normalized spacial score (nSPS) is 19.2. The molecule has 2 amide bonds. The second kappa shape index (κ2) is 6.24. The maximum absolute atomic E-state index is 12.6. The van der Waals surface area contributed by atoms with E-state index in [4.69, 9.17) is 4.74 Å². The van der Waals surface area contributed by atoms with Gasteiger partial charge in [-0.3, -0.25) is 9.59 Å². The molecule has 0 unspecified atom stereocenters. The minimum Gasteiger partial charge on any atom is -0.492 e. The Morgan fingerprint density at radius 1 is 1.24 bits per heavy atom. The van der Waals surface area contributed by atoms with E-state index in [-0.39, 0.29) is 23.8 Å². The predicted molar refractivity (Wildman–Crippen MR) is 94.5 cm³/mol. The van der Waals surface area contributed by atoms with Crippen LogP contribution in [0.4, 0.5) is 5.69 Å². The van der Waals surface area contributed by atoms with Crippen molar-refractivity contribution in [3.8, 4) is 5.75 Å². The van der Waals surface area contributed by atoms with Crippen molar-refractivity contribution >= 4 is 17.5 Å². The Morgan fingerprint density at radius 3 is 2.96 bits per heavy atom. The highest BCUT2D eigenvalue weighted by Crippen LogP contribution is 2.29. The molecule has 0 bridgehead atoms. The summed E-state index contributed by atoms with van der Waals surface area (Å²) in [6.07, 6.45) is 1.09. The number of hydrogen-bond donors (Lipinski definition) is 2.